The van der Waals surface area contributed by atoms with Gasteiger partial charge in [0.25, 0.3) is 5.91 Å². The number of amides is 1. The van der Waals surface area contributed by atoms with Crippen molar-refractivity contribution in [2.24, 2.45) is 0 Å². The number of carbonyl (C=O) groups is 2. The fourth-order valence-corrected chi connectivity index (χ4v) is 3.18. The Bertz CT molecular complexity index is 672. The highest BCUT2D eigenvalue weighted by Crippen LogP contribution is 2.25. The number of halogens is 1. The van der Waals surface area contributed by atoms with Crippen LogP contribution in [0.2, 0.25) is 5.02 Å². The first-order chi connectivity index (χ1) is 9.69. The molecule has 0 spiro atoms. The summed E-state index contributed by atoms with van der Waals surface area (Å²) in [6.45, 7) is 1.25. The summed E-state index contributed by atoms with van der Waals surface area (Å²) in [6, 6.07) is 2.56. The number of sulfonamides is 1. The number of carbonyl (C=O) groups excluding carboxylic acids is 1. The fourth-order valence-electron chi connectivity index (χ4n) is 1.58. The number of aliphatic carboxylic acids is 1. The first kappa shape index (κ1) is 17.4. The van der Waals surface area contributed by atoms with Crippen LogP contribution in [0.1, 0.15) is 22.3 Å². The number of carboxylic acids is 1. The van der Waals surface area contributed by atoms with Crippen LogP contribution >= 0.6 is 11.6 Å². The molecule has 0 heterocycles. The van der Waals surface area contributed by atoms with Crippen LogP contribution in [-0.4, -0.2) is 39.0 Å². The van der Waals surface area contributed by atoms with Crippen molar-refractivity contribution in [3.05, 3.63) is 28.3 Å². The molecule has 0 aliphatic carbocycles. The zero-order valence-corrected chi connectivity index (χ0v) is 13.0. The lowest BCUT2D eigenvalue weighted by molar-refractivity contribution is -0.136. The summed E-state index contributed by atoms with van der Waals surface area (Å²) in [6.07, 6.45) is -0.346. The molecule has 1 aromatic rings. The number of hydrogen-bond acceptors (Lipinski definition) is 4. The Morgan fingerprint density at radius 3 is 2.48 bits per heavy atom. The number of benzene rings is 1. The Hall–Kier alpha value is -1.64. The molecule has 0 saturated carbocycles. The second-order valence-electron chi connectivity index (χ2n) is 4.20. The maximum Gasteiger partial charge on any atom is 0.304 e. The first-order valence-electron chi connectivity index (χ1n) is 5.92. The fraction of sp³-hybridized carbons (Fsp3) is 0.333. The minimum absolute atomic E-state index is 0.103. The van der Waals surface area contributed by atoms with Crippen molar-refractivity contribution in [2.45, 2.75) is 18.2 Å². The van der Waals surface area contributed by atoms with E-state index in [9.17, 15) is 18.0 Å². The van der Waals surface area contributed by atoms with Crippen molar-refractivity contribution < 1.29 is 23.1 Å². The third-order valence-corrected chi connectivity index (χ3v) is 4.69. The van der Waals surface area contributed by atoms with E-state index < -0.39 is 21.9 Å². The van der Waals surface area contributed by atoms with Gasteiger partial charge < -0.3 is 10.4 Å². The van der Waals surface area contributed by atoms with Crippen molar-refractivity contribution in [3.8, 4) is 0 Å². The zero-order chi connectivity index (χ0) is 16.2. The summed E-state index contributed by atoms with van der Waals surface area (Å²) in [4.78, 5) is 21.9. The van der Waals surface area contributed by atoms with Crippen LogP contribution in [0, 0.1) is 6.92 Å². The highest BCUT2D eigenvalue weighted by Gasteiger charge is 2.21. The van der Waals surface area contributed by atoms with E-state index in [1.165, 1.54) is 26.1 Å². The number of nitrogens with one attached hydrogen (secondary N) is 2. The highest BCUT2D eigenvalue weighted by atomic mass is 35.5. The van der Waals surface area contributed by atoms with Gasteiger partial charge in [-0.2, -0.15) is 0 Å². The van der Waals surface area contributed by atoms with Gasteiger partial charge in [-0.15, -0.1) is 0 Å². The highest BCUT2D eigenvalue weighted by molar-refractivity contribution is 7.89. The van der Waals surface area contributed by atoms with Crippen molar-refractivity contribution in [1.82, 2.24) is 10.0 Å². The average molecular weight is 335 g/mol. The average Bonchev–Trinajstić information content (AvgIpc) is 2.39. The van der Waals surface area contributed by atoms with E-state index in [1.54, 1.807) is 0 Å². The normalized spacial score (nSPS) is 11.2. The topological polar surface area (TPSA) is 113 Å². The van der Waals surface area contributed by atoms with E-state index in [-0.39, 0.29) is 34.0 Å². The van der Waals surface area contributed by atoms with Crippen molar-refractivity contribution >= 4 is 33.5 Å². The largest absolute Gasteiger partial charge is 0.481 e. The molecule has 0 radical (unpaired) electrons. The zero-order valence-electron chi connectivity index (χ0n) is 11.4. The lowest BCUT2D eigenvalue weighted by atomic mass is 10.1. The van der Waals surface area contributed by atoms with E-state index in [0.717, 1.165) is 0 Å². The molecule has 1 aromatic carbocycles. The maximum absolute atomic E-state index is 12.2. The predicted octanol–water partition coefficient (Wildman–Crippen LogP) is 0.761. The lowest BCUT2D eigenvalue weighted by Gasteiger charge is -2.12. The van der Waals surface area contributed by atoms with Crippen LogP contribution in [0.3, 0.4) is 0 Å². The molecule has 0 atom stereocenters. The summed E-state index contributed by atoms with van der Waals surface area (Å²) in [7, 11) is -2.54. The summed E-state index contributed by atoms with van der Waals surface area (Å²) in [5, 5.41) is 11.0. The smallest absolute Gasteiger partial charge is 0.304 e. The van der Waals surface area contributed by atoms with Gasteiger partial charge in [-0.3, -0.25) is 9.59 Å². The Kier molecular flexibility index (Phi) is 5.70. The molecule has 0 bridgehead atoms. The van der Waals surface area contributed by atoms with Gasteiger partial charge >= 0.3 is 5.97 Å². The van der Waals surface area contributed by atoms with Gasteiger partial charge in [0.15, 0.2) is 0 Å². The van der Waals surface area contributed by atoms with E-state index in [0.29, 0.717) is 0 Å². The van der Waals surface area contributed by atoms with Crippen LogP contribution in [0.5, 0.6) is 0 Å². The van der Waals surface area contributed by atoms with Crippen LogP contribution in [0.25, 0.3) is 0 Å². The molecule has 0 aliphatic heterocycles. The predicted molar refractivity (Wildman–Crippen MR) is 77.0 cm³/mol. The Morgan fingerprint density at radius 1 is 1.33 bits per heavy atom. The van der Waals surface area contributed by atoms with Gasteiger partial charge in [0.1, 0.15) is 0 Å². The molecule has 0 saturated heterocycles. The van der Waals surface area contributed by atoms with Gasteiger partial charge in [0.2, 0.25) is 10.0 Å². The first-order valence-corrected chi connectivity index (χ1v) is 7.79. The van der Waals surface area contributed by atoms with Crippen LogP contribution in [0.15, 0.2) is 17.0 Å². The van der Waals surface area contributed by atoms with Gasteiger partial charge in [0, 0.05) is 24.2 Å². The molecule has 21 heavy (non-hydrogen) atoms. The second-order valence-corrected chi connectivity index (χ2v) is 6.34. The third kappa shape index (κ3) is 4.42. The molecule has 9 heteroatoms. The van der Waals surface area contributed by atoms with E-state index in [2.05, 4.69) is 10.0 Å². The summed E-state index contributed by atoms with van der Waals surface area (Å²) in [5.41, 5.74) is 0.388. The van der Waals surface area contributed by atoms with E-state index >= 15 is 0 Å². The number of rotatable bonds is 6. The van der Waals surface area contributed by atoms with Gasteiger partial charge in [-0.25, -0.2) is 13.1 Å². The second kappa shape index (κ2) is 6.88. The molecule has 7 nitrogen and oxygen atoms in total. The minimum Gasteiger partial charge on any atom is -0.481 e. The Morgan fingerprint density at radius 2 is 1.95 bits per heavy atom. The lowest BCUT2D eigenvalue weighted by Crippen LogP contribution is -2.27. The van der Waals surface area contributed by atoms with Crippen LogP contribution in [-0.2, 0) is 14.8 Å². The molecule has 0 aromatic heterocycles. The van der Waals surface area contributed by atoms with Crippen molar-refractivity contribution in [1.29, 1.82) is 0 Å². The molecule has 3 N–H and O–H groups in total. The minimum atomic E-state index is -3.95. The Balaban J connectivity index is 3.18. The summed E-state index contributed by atoms with van der Waals surface area (Å²) >= 11 is 5.94. The molecule has 1 rings (SSSR count). The number of hydrogen-bond donors (Lipinski definition) is 3. The van der Waals surface area contributed by atoms with Crippen molar-refractivity contribution in [3.63, 3.8) is 0 Å². The molecule has 0 unspecified atom stereocenters. The monoisotopic (exact) mass is 334 g/mol. The number of carboxylic acid groups (broad SMARTS) is 1. The standard InChI is InChI=1S/C12H15ClN2O5S/c1-7-9(13)5-8(12(18)14-2)6-10(7)21(19,20)15-4-3-11(16)17/h5-6,15H,3-4H2,1-2H3,(H,14,18)(H,16,17). The molecule has 1 amide bonds. The molecule has 0 fully saturated rings. The van der Waals surface area contributed by atoms with E-state index in [1.807, 2.05) is 0 Å². The quantitative estimate of drug-likeness (QED) is 0.711. The maximum atomic E-state index is 12.2. The van der Waals surface area contributed by atoms with Gasteiger partial charge in [-0.05, 0) is 24.6 Å². The molecule has 116 valence electrons. The molecular formula is C12H15ClN2O5S. The SMILES string of the molecule is CNC(=O)c1cc(Cl)c(C)c(S(=O)(=O)NCCC(=O)O)c1. The molecular weight excluding hydrogens is 320 g/mol. The van der Waals surface area contributed by atoms with Crippen molar-refractivity contribution in [2.75, 3.05) is 13.6 Å². The van der Waals surface area contributed by atoms with E-state index in [4.69, 9.17) is 16.7 Å². The van der Waals surface area contributed by atoms with Crippen LogP contribution < -0.4 is 10.0 Å². The van der Waals surface area contributed by atoms with Crippen LogP contribution in [0.4, 0.5) is 0 Å². The summed E-state index contributed by atoms with van der Waals surface area (Å²) in [5.74, 6) is -1.59. The third-order valence-electron chi connectivity index (χ3n) is 2.71. The van der Waals surface area contributed by atoms with Gasteiger partial charge in [0.05, 0.1) is 11.3 Å². The Labute approximate surface area is 127 Å². The van der Waals surface area contributed by atoms with Gasteiger partial charge in [-0.1, -0.05) is 11.6 Å². The molecule has 0 aliphatic rings. The summed E-state index contributed by atoms with van der Waals surface area (Å²) < 4.78 is 26.5.